The molecule has 0 spiro atoms. The van der Waals surface area contributed by atoms with Crippen molar-refractivity contribution in [3.63, 3.8) is 0 Å². The standard InChI is InChI=1S/C13H21N3O3S/c1-4-5-6-7-11(17)9(2)19-13(18)10(3)20-12-8-14-16-15-12/h8-10H,4-7H2,1-3H3,(H,14,15,16). The summed E-state index contributed by atoms with van der Waals surface area (Å²) in [6.07, 6.45) is 4.25. The monoisotopic (exact) mass is 299 g/mol. The number of hydrogen-bond donors (Lipinski definition) is 1. The summed E-state index contributed by atoms with van der Waals surface area (Å²) in [7, 11) is 0. The molecule has 112 valence electrons. The van der Waals surface area contributed by atoms with Gasteiger partial charge < -0.3 is 4.74 Å². The number of unbranched alkanes of at least 4 members (excludes halogenated alkanes) is 2. The average molecular weight is 299 g/mol. The van der Waals surface area contributed by atoms with E-state index >= 15 is 0 Å². The van der Waals surface area contributed by atoms with Crippen molar-refractivity contribution in [2.45, 2.75) is 62.8 Å². The van der Waals surface area contributed by atoms with Gasteiger partial charge in [-0.2, -0.15) is 10.3 Å². The molecule has 2 atom stereocenters. The molecule has 0 fully saturated rings. The maximum Gasteiger partial charge on any atom is 0.319 e. The number of aromatic amines is 1. The van der Waals surface area contributed by atoms with Gasteiger partial charge in [0.05, 0.1) is 6.20 Å². The Bertz CT molecular complexity index is 423. The molecule has 20 heavy (non-hydrogen) atoms. The minimum atomic E-state index is -0.681. The molecule has 2 unspecified atom stereocenters. The van der Waals surface area contributed by atoms with Gasteiger partial charge in [0.1, 0.15) is 10.3 Å². The Morgan fingerprint density at radius 1 is 1.40 bits per heavy atom. The van der Waals surface area contributed by atoms with Crippen LogP contribution >= 0.6 is 11.8 Å². The van der Waals surface area contributed by atoms with Gasteiger partial charge in [-0.1, -0.05) is 31.5 Å². The van der Waals surface area contributed by atoms with E-state index in [1.165, 1.54) is 18.0 Å². The fourth-order valence-electron chi connectivity index (χ4n) is 1.57. The summed E-state index contributed by atoms with van der Waals surface area (Å²) in [5, 5.41) is 10.2. The van der Waals surface area contributed by atoms with E-state index in [4.69, 9.17) is 4.74 Å². The van der Waals surface area contributed by atoms with Crippen LogP contribution in [0.2, 0.25) is 0 Å². The predicted molar refractivity (Wildman–Crippen MR) is 76.4 cm³/mol. The van der Waals surface area contributed by atoms with Crippen molar-refractivity contribution in [1.82, 2.24) is 15.4 Å². The zero-order valence-corrected chi connectivity index (χ0v) is 12.9. The van der Waals surface area contributed by atoms with Gasteiger partial charge in [-0.05, 0) is 20.3 Å². The molecule has 6 nitrogen and oxygen atoms in total. The first-order valence-electron chi connectivity index (χ1n) is 6.80. The summed E-state index contributed by atoms with van der Waals surface area (Å²) in [5.41, 5.74) is 0. The SMILES string of the molecule is CCCCCC(=O)C(C)OC(=O)C(C)Sc1cn[nH]n1. The molecule has 0 aliphatic carbocycles. The van der Waals surface area contributed by atoms with Crippen LogP contribution in [0, 0.1) is 0 Å². The average Bonchev–Trinajstić information content (AvgIpc) is 2.91. The second-order valence-electron chi connectivity index (χ2n) is 4.57. The third-order valence-electron chi connectivity index (χ3n) is 2.80. The van der Waals surface area contributed by atoms with Crippen molar-refractivity contribution < 1.29 is 14.3 Å². The molecule has 1 aromatic heterocycles. The van der Waals surface area contributed by atoms with Crippen molar-refractivity contribution in [2.24, 2.45) is 0 Å². The maximum absolute atomic E-state index is 11.9. The first-order chi connectivity index (χ1) is 9.54. The molecule has 0 aromatic carbocycles. The normalized spacial score (nSPS) is 13.8. The van der Waals surface area contributed by atoms with Gasteiger partial charge in [-0.25, -0.2) is 0 Å². The molecular weight excluding hydrogens is 278 g/mol. The van der Waals surface area contributed by atoms with Gasteiger partial charge in [0.2, 0.25) is 0 Å². The van der Waals surface area contributed by atoms with Gasteiger partial charge in [0, 0.05) is 6.42 Å². The highest BCUT2D eigenvalue weighted by Crippen LogP contribution is 2.21. The van der Waals surface area contributed by atoms with E-state index < -0.39 is 17.3 Å². The molecular formula is C13H21N3O3S. The summed E-state index contributed by atoms with van der Waals surface area (Å²) in [6.45, 7) is 5.42. The number of rotatable bonds is 9. The maximum atomic E-state index is 11.9. The van der Waals surface area contributed by atoms with E-state index in [-0.39, 0.29) is 5.78 Å². The Balaban J connectivity index is 2.34. The van der Waals surface area contributed by atoms with Gasteiger partial charge >= 0.3 is 5.97 Å². The van der Waals surface area contributed by atoms with Gasteiger partial charge in [-0.3, -0.25) is 9.59 Å². The Morgan fingerprint density at radius 2 is 2.15 bits per heavy atom. The number of thioether (sulfide) groups is 1. The first kappa shape index (κ1) is 16.7. The summed E-state index contributed by atoms with van der Waals surface area (Å²) in [4.78, 5) is 23.6. The van der Waals surface area contributed by atoms with Gasteiger partial charge in [-0.15, -0.1) is 5.10 Å². The third kappa shape index (κ3) is 5.73. The largest absolute Gasteiger partial charge is 0.454 e. The molecule has 1 rings (SSSR count). The Hall–Kier alpha value is -1.37. The minimum absolute atomic E-state index is 0.0227. The molecule has 7 heteroatoms. The number of esters is 1. The lowest BCUT2D eigenvalue weighted by Gasteiger charge is -2.15. The highest BCUT2D eigenvalue weighted by molar-refractivity contribution is 8.00. The van der Waals surface area contributed by atoms with Crippen LogP contribution in [0.15, 0.2) is 11.2 Å². The van der Waals surface area contributed by atoms with Crippen molar-refractivity contribution in [3.05, 3.63) is 6.20 Å². The number of ketones is 1. The van der Waals surface area contributed by atoms with Crippen LogP contribution in [-0.4, -0.2) is 38.5 Å². The molecule has 0 amide bonds. The van der Waals surface area contributed by atoms with Crippen molar-refractivity contribution >= 4 is 23.5 Å². The molecule has 0 bridgehead atoms. The molecule has 1 heterocycles. The summed E-state index contributed by atoms with van der Waals surface area (Å²) in [6, 6.07) is 0. The first-order valence-corrected chi connectivity index (χ1v) is 7.68. The van der Waals surface area contributed by atoms with E-state index in [1.807, 2.05) is 0 Å². The highest BCUT2D eigenvalue weighted by Gasteiger charge is 2.22. The molecule has 1 N–H and O–H groups in total. The number of nitrogens with zero attached hydrogens (tertiary/aromatic N) is 2. The van der Waals surface area contributed by atoms with Crippen LogP contribution in [0.5, 0.6) is 0 Å². The number of hydrogen-bond acceptors (Lipinski definition) is 6. The minimum Gasteiger partial charge on any atom is -0.454 e. The number of ether oxygens (including phenoxy) is 1. The van der Waals surface area contributed by atoms with E-state index in [0.29, 0.717) is 11.4 Å². The topological polar surface area (TPSA) is 84.9 Å². The quantitative estimate of drug-likeness (QED) is 0.428. The molecule has 1 aromatic rings. The van der Waals surface area contributed by atoms with Crippen LogP contribution in [-0.2, 0) is 14.3 Å². The number of Topliss-reactive ketones (excluding diaryl/α,β-unsaturated/α-hetero) is 1. The summed E-state index contributed by atoms with van der Waals surface area (Å²) >= 11 is 1.24. The fraction of sp³-hybridized carbons (Fsp3) is 0.692. The van der Waals surface area contributed by atoms with Gasteiger partial charge in [0.15, 0.2) is 11.9 Å². The lowest BCUT2D eigenvalue weighted by atomic mass is 10.1. The number of nitrogens with one attached hydrogen (secondary N) is 1. The molecule has 0 aliphatic rings. The van der Waals surface area contributed by atoms with E-state index in [9.17, 15) is 9.59 Å². The Morgan fingerprint density at radius 3 is 2.75 bits per heavy atom. The smallest absolute Gasteiger partial charge is 0.319 e. The number of aromatic nitrogens is 3. The van der Waals surface area contributed by atoms with Crippen molar-refractivity contribution in [1.29, 1.82) is 0 Å². The molecule has 0 saturated heterocycles. The van der Waals surface area contributed by atoms with E-state index in [0.717, 1.165) is 19.3 Å². The number of carbonyl (C=O) groups is 2. The van der Waals surface area contributed by atoms with Crippen LogP contribution in [0.1, 0.15) is 46.5 Å². The van der Waals surface area contributed by atoms with E-state index in [1.54, 1.807) is 13.8 Å². The highest BCUT2D eigenvalue weighted by atomic mass is 32.2. The zero-order chi connectivity index (χ0) is 15.0. The summed E-state index contributed by atoms with van der Waals surface area (Å²) < 4.78 is 5.19. The second kappa shape index (κ2) is 8.73. The van der Waals surface area contributed by atoms with Crippen LogP contribution in [0.25, 0.3) is 0 Å². The fourth-order valence-corrected chi connectivity index (χ4v) is 2.29. The van der Waals surface area contributed by atoms with Crippen molar-refractivity contribution in [2.75, 3.05) is 0 Å². The molecule has 0 saturated carbocycles. The third-order valence-corrected chi connectivity index (χ3v) is 3.78. The lowest BCUT2D eigenvalue weighted by Crippen LogP contribution is -2.28. The van der Waals surface area contributed by atoms with Crippen LogP contribution in [0.3, 0.4) is 0 Å². The lowest BCUT2D eigenvalue weighted by molar-refractivity contribution is -0.153. The number of H-pyrrole nitrogens is 1. The predicted octanol–water partition coefficient (Wildman–Crippen LogP) is 2.37. The van der Waals surface area contributed by atoms with Crippen molar-refractivity contribution in [3.8, 4) is 0 Å². The molecule has 0 radical (unpaired) electrons. The van der Waals surface area contributed by atoms with Gasteiger partial charge in [0.25, 0.3) is 0 Å². The Labute approximate surface area is 123 Å². The number of carbonyl (C=O) groups excluding carboxylic acids is 2. The van der Waals surface area contributed by atoms with Crippen LogP contribution in [0.4, 0.5) is 0 Å². The van der Waals surface area contributed by atoms with Crippen LogP contribution < -0.4 is 0 Å². The summed E-state index contributed by atoms with van der Waals surface area (Å²) in [5.74, 6) is -0.431. The van der Waals surface area contributed by atoms with E-state index in [2.05, 4.69) is 22.3 Å². The zero-order valence-electron chi connectivity index (χ0n) is 12.1. The Kier molecular flexibility index (Phi) is 7.28. The second-order valence-corrected chi connectivity index (χ2v) is 5.93. The molecule has 0 aliphatic heterocycles.